The number of hydrogen-bond donors (Lipinski definition) is 4. The maximum absolute atomic E-state index is 5.93. The third kappa shape index (κ3) is 1.82. The van der Waals surface area contributed by atoms with E-state index < -0.39 is 0 Å². The van der Waals surface area contributed by atoms with Crippen molar-refractivity contribution < 1.29 is 0 Å². The lowest BCUT2D eigenvalue weighted by molar-refractivity contribution is 0.540. The number of hydrogen-bond acceptors (Lipinski definition) is 4. The summed E-state index contributed by atoms with van der Waals surface area (Å²) in [7, 11) is 0. The summed E-state index contributed by atoms with van der Waals surface area (Å²) in [5.74, 6) is 0. The van der Waals surface area contributed by atoms with Gasteiger partial charge in [0, 0.05) is 4.47 Å². The highest BCUT2D eigenvalue weighted by Gasteiger charge is 2.31. The van der Waals surface area contributed by atoms with Gasteiger partial charge < -0.3 is 11.5 Å². The summed E-state index contributed by atoms with van der Waals surface area (Å²) in [4.78, 5) is 0. The maximum Gasteiger partial charge on any atom is 0.0851 e. The first-order valence-electron chi connectivity index (χ1n) is 4.46. The second-order valence-electron chi connectivity index (χ2n) is 3.42. The van der Waals surface area contributed by atoms with Gasteiger partial charge in [-0.1, -0.05) is 28.1 Å². The van der Waals surface area contributed by atoms with Crippen LogP contribution < -0.4 is 22.3 Å². The molecule has 2 rings (SSSR count). The van der Waals surface area contributed by atoms with Gasteiger partial charge in [0.15, 0.2) is 0 Å². The van der Waals surface area contributed by atoms with Crippen LogP contribution in [0.2, 0.25) is 0 Å². The molecular formula is C9H13BrN4. The topological polar surface area (TPSA) is 76.1 Å². The number of rotatable bonds is 1. The van der Waals surface area contributed by atoms with Gasteiger partial charge in [0.1, 0.15) is 0 Å². The van der Waals surface area contributed by atoms with Gasteiger partial charge >= 0.3 is 0 Å². The molecular weight excluding hydrogens is 244 g/mol. The van der Waals surface area contributed by atoms with Gasteiger partial charge in [-0.05, 0) is 17.7 Å². The van der Waals surface area contributed by atoms with Gasteiger partial charge in [-0.15, -0.1) is 0 Å². The van der Waals surface area contributed by atoms with Crippen molar-refractivity contribution in [1.29, 1.82) is 0 Å². The van der Waals surface area contributed by atoms with E-state index >= 15 is 0 Å². The number of nitrogens with one attached hydrogen (secondary N) is 2. The van der Waals surface area contributed by atoms with Crippen molar-refractivity contribution in [2.75, 3.05) is 0 Å². The fourth-order valence-electron chi connectivity index (χ4n) is 1.56. The first-order chi connectivity index (χ1) is 6.68. The molecule has 1 saturated heterocycles. The van der Waals surface area contributed by atoms with Crippen molar-refractivity contribution in [2.45, 2.75) is 18.2 Å². The summed E-state index contributed by atoms with van der Waals surface area (Å²) in [5, 5.41) is 0. The number of halogens is 1. The number of nitrogens with two attached hydrogens (primary N) is 2. The molecule has 4 nitrogen and oxygen atoms in total. The largest absolute Gasteiger partial charge is 0.324 e. The van der Waals surface area contributed by atoms with Crippen molar-refractivity contribution in [2.24, 2.45) is 11.5 Å². The molecule has 0 saturated carbocycles. The molecule has 5 heteroatoms. The van der Waals surface area contributed by atoms with E-state index in [0.29, 0.717) is 0 Å². The molecule has 1 aliphatic rings. The Balaban J connectivity index is 2.19. The van der Waals surface area contributed by atoms with Crippen LogP contribution in [0.3, 0.4) is 0 Å². The molecule has 1 aromatic carbocycles. The molecule has 0 radical (unpaired) electrons. The third-order valence-corrected chi connectivity index (χ3v) is 2.96. The average molecular weight is 257 g/mol. The van der Waals surface area contributed by atoms with Gasteiger partial charge in [0.2, 0.25) is 0 Å². The van der Waals surface area contributed by atoms with E-state index in [9.17, 15) is 0 Å². The van der Waals surface area contributed by atoms with E-state index in [1.54, 1.807) is 0 Å². The molecule has 0 aliphatic carbocycles. The van der Waals surface area contributed by atoms with E-state index in [0.717, 1.165) is 10.0 Å². The second kappa shape index (κ2) is 3.96. The van der Waals surface area contributed by atoms with Crippen LogP contribution in [-0.4, -0.2) is 12.2 Å². The monoisotopic (exact) mass is 256 g/mol. The van der Waals surface area contributed by atoms with Crippen LogP contribution in [-0.2, 0) is 0 Å². The highest BCUT2D eigenvalue weighted by molar-refractivity contribution is 9.10. The van der Waals surface area contributed by atoms with E-state index in [2.05, 4.69) is 26.8 Å². The predicted molar refractivity (Wildman–Crippen MR) is 59.1 cm³/mol. The molecule has 1 aliphatic heterocycles. The molecule has 0 spiro atoms. The van der Waals surface area contributed by atoms with Crippen LogP contribution in [0.25, 0.3) is 0 Å². The lowest BCUT2D eigenvalue weighted by atomic mass is 10.0. The molecule has 3 unspecified atom stereocenters. The molecule has 1 heterocycles. The Morgan fingerprint density at radius 1 is 1.07 bits per heavy atom. The normalized spacial score (nSPS) is 32.1. The fourth-order valence-corrected chi connectivity index (χ4v) is 1.83. The van der Waals surface area contributed by atoms with Gasteiger partial charge in [-0.3, -0.25) is 0 Å². The quantitative estimate of drug-likeness (QED) is 0.580. The standard InChI is InChI=1S/C9H13BrN4/c10-6-3-1-5(2-4-6)8-7(11)9(12)14-13-8/h1-4,7-9,13-14H,11-12H2. The van der Waals surface area contributed by atoms with Crippen LogP contribution in [0, 0.1) is 0 Å². The molecule has 76 valence electrons. The van der Waals surface area contributed by atoms with Gasteiger partial charge in [-0.25, -0.2) is 10.9 Å². The van der Waals surface area contributed by atoms with Crippen molar-refractivity contribution in [3.8, 4) is 0 Å². The van der Waals surface area contributed by atoms with Crippen LogP contribution in [0.1, 0.15) is 11.6 Å². The summed E-state index contributed by atoms with van der Waals surface area (Å²) < 4.78 is 1.06. The lowest BCUT2D eigenvalue weighted by Gasteiger charge is -2.16. The van der Waals surface area contributed by atoms with E-state index in [1.807, 2.05) is 24.3 Å². The molecule has 14 heavy (non-hydrogen) atoms. The van der Waals surface area contributed by atoms with E-state index in [-0.39, 0.29) is 18.2 Å². The second-order valence-corrected chi connectivity index (χ2v) is 4.34. The Labute approximate surface area is 91.1 Å². The van der Waals surface area contributed by atoms with Crippen molar-refractivity contribution in [1.82, 2.24) is 10.9 Å². The van der Waals surface area contributed by atoms with Crippen molar-refractivity contribution >= 4 is 15.9 Å². The summed E-state index contributed by atoms with van der Waals surface area (Å²) >= 11 is 3.39. The van der Waals surface area contributed by atoms with Crippen LogP contribution in [0.5, 0.6) is 0 Å². The molecule has 6 N–H and O–H groups in total. The highest BCUT2D eigenvalue weighted by atomic mass is 79.9. The van der Waals surface area contributed by atoms with Crippen molar-refractivity contribution in [3.05, 3.63) is 34.3 Å². The Morgan fingerprint density at radius 3 is 2.21 bits per heavy atom. The zero-order valence-electron chi connectivity index (χ0n) is 7.57. The SMILES string of the molecule is NC1NNC(c2ccc(Br)cc2)C1N. The van der Waals surface area contributed by atoms with E-state index in [4.69, 9.17) is 11.5 Å². The fraction of sp³-hybridized carbons (Fsp3) is 0.333. The minimum absolute atomic E-state index is 0.0816. The van der Waals surface area contributed by atoms with Gasteiger partial charge in [-0.2, -0.15) is 0 Å². The zero-order valence-corrected chi connectivity index (χ0v) is 9.16. The van der Waals surface area contributed by atoms with E-state index in [1.165, 1.54) is 0 Å². The number of benzene rings is 1. The minimum atomic E-state index is -0.191. The smallest absolute Gasteiger partial charge is 0.0851 e. The third-order valence-electron chi connectivity index (χ3n) is 2.43. The van der Waals surface area contributed by atoms with Crippen molar-refractivity contribution in [3.63, 3.8) is 0 Å². The number of hydrazine groups is 1. The average Bonchev–Trinajstić information content (AvgIpc) is 2.50. The summed E-state index contributed by atoms with van der Waals surface area (Å²) in [6, 6.07) is 8.03. The Bertz CT molecular complexity index is 313. The molecule has 0 bridgehead atoms. The predicted octanol–water partition coefficient (Wildman–Crippen LogP) is 0.210. The molecule has 1 aromatic rings. The van der Waals surface area contributed by atoms with Gasteiger partial charge in [0.05, 0.1) is 18.2 Å². The molecule has 0 amide bonds. The Hall–Kier alpha value is -0.460. The molecule has 3 atom stereocenters. The summed E-state index contributed by atoms with van der Waals surface area (Å²) in [6.45, 7) is 0. The lowest BCUT2D eigenvalue weighted by Crippen LogP contribution is -2.45. The van der Waals surface area contributed by atoms with Gasteiger partial charge in [0.25, 0.3) is 0 Å². The first kappa shape index (κ1) is 10.1. The van der Waals surface area contributed by atoms with Crippen LogP contribution in [0.15, 0.2) is 28.7 Å². The minimum Gasteiger partial charge on any atom is -0.324 e. The Morgan fingerprint density at radius 2 is 1.71 bits per heavy atom. The maximum atomic E-state index is 5.93. The summed E-state index contributed by atoms with van der Waals surface area (Å²) in [5.41, 5.74) is 18.8. The highest BCUT2D eigenvalue weighted by Crippen LogP contribution is 2.21. The Kier molecular flexibility index (Phi) is 2.85. The van der Waals surface area contributed by atoms with Crippen LogP contribution in [0.4, 0.5) is 0 Å². The summed E-state index contributed by atoms with van der Waals surface area (Å²) in [6.07, 6.45) is -0.191. The zero-order chi connectivity index (χ0) is 10.1. The molecule has 0 aromatic heterocycles. The van der Waals surface area contributed by atoms with Crippen LogP contribution >= 0.6 is 15.9 Å². The first-order valence-corrected chi connectivity index (χ1v) is 5.25. The molecule has 1 fully saturated rings.